The van der Waals surface area contributed by atoms with Crippen molar-refractivity contribution in [1.29, 1.82) is 0 Å². The lowest BCUT2D eigenvalue weighted by atomic mass is 10.1. The Morgan fingerprint density at radius 3 is 2.43 bits per heavy atom. The molecule has 0 aliphatic rings. The maximum atomic E-state index is 13.4. The maximum absolute atomic E-state index is 13.4. The fraction of sp³-hybridized carbons (Fsp3) is 0.241. The molecule has 1 aromatic heterocycles. The first-order valence-corrected chi connectivity index (χ1v) is 13.1. The van der Waals surface area contributed by atoms with Crippen molar-refractivity contribution in [2.75, 3.05) is 11.1 Å². The van der Waals surface area contributed by atoms with Crippen LogP contribution in [0.15, 0.2) is 76.7 Å². The number of hydrogen-bond acceptors (Lipinski definition) is 5. The fourth-order valence-electron chi connectivity index (χ4n) is 3.96. The molecule has 0 aliphatic carbocycles. The Labute approximate surface area is 220 Å². The van der Waals surface area contributed by atoms with Gasteiger partial charge in [-0.1, -0.05) is 53.7 Å². The lowest BCUT2D eigenvalue weighted by Crippen LogP contribution is -2.30. The summed E-state index contributed by atoms with van der Waals surface area (Å²) >= 11 is 1.22. The molecule has 0 aliphatic heterocycles. The van der Waals surface area contributed by atoms with Gasteiger partial charge in [0.1, 0.15) is 0 Å². The van der Waals surface area contributed by atoms with Gasteiger partial charge in [-0.15, -0.1) is 0 Å². The van der Waals surface area contributed by atoms with Gasteiger partial charge in [-0.3, -0.25) is 19.0 Å². The van der Waals surface area contributed by atoms with Gasteiger partial charge < -0.3 is 10.6 Å². The molecule has 0 fully saturated rings. The van der Waals surface area contributed by atoms with Gasteiger partial charge in [0, 0.05) is 17.3 Å². The number of carbonyl (C=O) groups excluding carboxylic acids is 2. The zero-order chi connectivity index (χ0) is 26.5. The molecule has 0 atom stereocenters. The molecule has 4 aromatic rings. The second kappa shape index (κ2) is 11.4. The minimum absolute atomic E-state index is 0.0427. The van der Waals surface area contributed by atoms with Crippen LogP contribution in [0.1, 0.15) is 40.9 Å². The Balaban J connectivity index is 1.57. The van der Waals surface area contributed by atoms with Crippen molar-refractivity contribution in [3.05, 3.63) is 99.3 Å². The number of benzene rings is 3. The predicted octanol–water partition coefficient (Wildman–Crippen LogP) is 4.93. The van der Waals surface area contributed by atoms with E-state index in [4.69, 9.17) is 4.98 Å². The number of nitrogens with one attached hydrogen (secondary N) is 2. The molecule has 4 rings (SSSR count). The van der Waals surface area contributed by atoms with Crippen LogP contribution in [0.2, 0.25) is 0 Å². The minimum atomic E-state index is -0.176. The highest BCUT2D eigenvalue weighted by molar-refractivity contribution is 7.99. The van der Waals surface area contributed by atoms with Gasteiger partial charge in [-0.05, 0) is 69.2 Å². The highest BCUT2D eigenvalue weighted by atomic mass is 32.2. The molecule has 0 radical (unpaired) electrons. The molecule has 7 nitrogen and oxygen atoms in total. The van der Waals surface area contributed by atoms with Gasteiger partial charge in [-0.25, -0.2) is 4.98 Å². The highest BCUT2D eigenvalue weighted by Gasteiger charge is 2.15. The molecule has 0 saturated heterocycles. The van der Waals surface area contributed by atoms with Crippen LogP contribution in [0.25, 0.3) is 10.9 Å². The average molecular weight is 515 g/mol. The molecule has 0 unspecified atom stereocenters. The van der Waals surface area contributed by atoms with Crippen LogP contribution in [-0.2, 0) is 11.3 Å². The molecular weight excluding hydrogens is 484 g/mol. The van der Waals surface area contributed by atoms with E-state index in [0.29, 0.717) is 21.6 Å². The molecule has 2 amide bonds. The van der Waals surface area contributed by atoms with E-state index in [-0.39, 0.29) is 35.7 Å². The summed E-state index contributed by atoms with van der Waals surface area (Å²) in [5, 5.41) is 6.79. The summed E-state index contributed by atoms with van der Waals surface area (Å²) in [7, 11) is 0. The first-order valence-electron chi connectivity index (χ1n) is 12.1. The predicted molar refractivity (Wildman–Crippen MR) is 149 cm³/mol. The van der Waals surface area contributed by atoms with Crippen molar-refractivity contribution in [2.45, 2.75) is 45.4 Å². The standard InChI is InChI=1S/C29H30N4O3S/c1-18(2)30-27(35)22-12-10-21(11-13-22)16-33-28(36)23-7-5-6-8-25(23)32-29(33)37-17-26(34)31-24-14-9-19(3)15-20(24)4/h5-15,18H,16-17H2,1-4H3,(H,30,35)(H,31,34). The first-order chi connectivity index (χ1) is 17.7. The molecular formula is C29H30N4O3S. The van der Waals surface area contributed by atoms with Crippen LogP contribution < -0.4 is 16.2 Å². The van der Waals surface area contributed by atoms with Crippen LogP contribution in [-0.4, -0.2) is 33.2 Å². The number of para-hydroxylation sites is 1. The van der Waals surface area contributed by atoms with Gasteiger partial charge in [0.25, 0.3) is 11.5 Å². The van der Waals surface area contributed by atoms with Crippen molar-refractivity contribution in [1.82, 2.24) is 14.9 Å². The smallest absolute Gasteiger partial charge is 0.262 e. The summed E-state index contributed by atoms with van der Waals surface area (Å²) in [4.78, 5) is 43.1. The van der Waals surface area contributed by atoms with Crippen molar-refractivity contribution in [2.24, 2.45) is 0 Å². The van der Waals surface area contributed by atoms with Crippen LogP contribution in [0, 0.1) is 13.8 Å². The molecule has 0 spiro atoms. The van der Waals surface area contributed by atoms with E-state index in [0.717, 1.165) is 22.4 Å². The molecule has 37 heavy (non-hydrogen) atoms. The third-order valence-corrected chi connectivity index (χ3v) is 6.77. The molecule has 3 aromatic carbocycles. The van der Waals surface area contributed by atoms with E-state index in [1.807, 2.05) is 70.2 Å². The minimum Gasteiger partial charge on any atom is -0.350 e. The van der Waals surface area contributed by atoms with E-state index in [1.165, 1.54) is 11.8 Å². The summed E-state index contributed by atoms with van der Waals surface area (Å²) in [5.41, 5.74) is 4.70. The second-order valence-electron chi connectivity index (χ2n) is 9.28. The fourth-order valence-corrected chi connectivity index (χ4v) is 4.76. The quantitative estimate of drug-likeness (QED) is 0.257. The summed E-state index contributed by atoms with van der Waals surface area (Å²) in [5.74, 6) is -0.213. The van der Waals surface area contributed by atoms with E-state index in [9.17, 15) is 14.4 Å². The number of anilines is 1. The molecule has 0 saturated carbocycles. The zero-order valence-electron chi connectivity index (χ0n) is 21.4. The number of carbonyl (C=O) groups is 2. The van der Waals surface area contributed by atoms with Gasteiger partial charge in [0.2, 0.25) is 5.91 Å². The van der Waals surface area contributed by atoms with Crippen LogP contribution >= 0.6 is 11.8 Å². The SMILES string of the molecule is Cc1ccc(NC(=O)CSc2nc3ccccc3c(=O)n2Cc2ccc(C(=O)NC(C)C)cc2)c(C)c1. The van der Waals surface area contributed by atoms with Crippen molar-refractivity contribution in [3.8, 4) is 0 Å². The lowest BCUT2D eigenvalue weighted by Gasteiger charge is -2.14. The Morgan fingerprint density at radius 2 is 1.73 bits per heavy atom. The van der Waals surface area contributed by atoms with E-state index in [1.54, 1.807) is 28.8 Å². The summed E-state index contributed by atoms with van der Waals surface area (Å²) in [6, 6.07) is 20.3. The average Bonchev–Trinajstić information content (AvgIpc) is 2.86. The maximum Gasteiger partial charge on any atom is 0.262 e. The molecule has 0 bridgehead atoms. The Morgan fingerprint density at radius 1 is 1.00 bits per heavy atom. The number of fused-ring (bicyclic) bond motifs is 1. The number of hydrogen-bond donors (Lipinski definition) is 2. The van der Waals surface area contributed by atoms with Gasteiger partial charge in [0.15, 0.2) is 5.16 Å². The van der Waals surface area contributed by atoms with Gasteiger partial charge >= 0.3 is 0 Å². The first kappa shape index (κ1) is 26.2. The number of amides is 2. The van der Waals surface area contributed by atoms with E-state index in [2.05, 4.69) is 10.6 Å². The monoisotopic (exact) mass is 514 g/mol. The third kappa shape index (κ3) is 6.46. The molecule has 1 heterocycles. The Kier molecular flexibility index (Phi) is 8.08. The topological polar surface area (TPSA) is 93.1 Å². The largest absolute Gasteiger partial charge is 0.350 e. The summed E-state index contributed by atoms with van der Waals surface area (Å²) in [6.07, 6.45) is 0. The van der Waals surface area contributed by atoms with Crippen LogP contribution in [0.5, 0.6) is 0 Å². The summed E-state index contributed by atoms with van der Waals surface area (Å²) in [6.45, 7) is 8.05. The van der Waals surface area contributed by atoms with Crippen LogP contribution in [0.3, 0.4) is 0 Å². The number of aromatic nitrogens is 2. The van der Waals surface area contributed by atoms with Crippen LogP contribution in [0.4, 0.5) is 5.69 Å². The van der Waals surface area contributed by atoms with Crippen molar-refractivity contribution >= 4 is 40.2 Å². The van der Waals surface area contributed by atoms with E-state index < -0.39 is 0 Å². The molecule has 190 valence electrons. The summed E-state index contributed by atoms with van der Waals surface area (Å²) < 4.78 is 1.58. The lowest BCUT2D eigenvalue weighted by molar-refractivity contribution is -0.113. The normalized spacial score (nSPS) is 11.1. The van der Waals surface area contributed by atoms with Gasteiger partial charge in [0.05, 0.1) is 23.2 Å². The number of aryl methyl sites for hydroxylation is 2. The number of nitrogens with zero attached hydrogens (tertiary/aromatic N) is 2. The Hall–Kier alpha value is -3.91. The highest BCUT2D eigenvalue weighted by Crippen LogP contribution is 2.21. The third-order valence-electron chi connectivity index (χ3n) is 5.79. The van der Waals surface area contributed by atoms with E-state index >= 15 is 0 Å². The number of thioether (sulfide) groups is 1. The Bertz CT molecular complexity index is 1510. The number of rotatable bonds is 8. The van der Waals surface area contributed by atoms with Crippen molar-refractivity contribution < 1.29 is 9.59 Å². The molecule has 2 N–H and O–H groups in total. The van der Waals surface area contributed by atoms with Gasteiger partial charge in [-0.2, -0.15) is 0 Å². The molecule has 8 heteroatoms. The van der Waals surface area contributed by atoms with Crippen molar-refractivity contribution in [3.63, 3.8) is 0 Å². The zero-order valence-corrected chi connectivity index (χ0v) is 22.2. The second-order valence-corrected chi connectivity index (χ2v) is 10.2.